The topological polar surface area (TPSA) is 105 Å². The Labute approximate surface area is 204 Å². The lowest BCUT2D eigenvalue weighted by Gasteiger charge is -2.22. The van der Waals surface area contributed by atoms with Gasteiger partial charge >= 0.3 is 12.1 Å². The van der Waals surface area contributed by atoms with Gasteiger partial charge in [0, 0.05) is 5.92 Å². The fourth-order valence-electron chi connectivity index (χ4n) is 4.52. The summed E-state index contributed by atoms with van der Waals surface area (Å²) in [6, 6.07) is 22.4. The van der Waals surface area contributed by atoms with Crippen molar-refractivity contribution in [3.63, 3.8) is 0 Å². The van der Waals surface area contributed by atoms with E-state index in [4.69, 9.17) is 4.74 Å². The number of alkyl carbamates (subject to hydrolysis) is 1. The molecule has 0 saturated carbocycles. The van der Waals surface area contributed by atoms with E-state index in [0.29, 0.717) is 18.4 Å². The maximum Gasteiger partial charge on any atom is 0.407 e. The first-order chi connectivity index (χ1) is 17.0. The standard InChI is InChI=1S/C28H28N2O5/c1-2-10-24(26(31)30-25(27(32)33)18-11-4-3-5-12-18)29-28(34)35-17-23-21-15-8-6-13-19(21)20-14-7-9-16-22(20)23/h3-9,11-16,23-25H,2,10,17H2,1H3,(H,29,34)(H,30,31)(H,32,33)/t24?,25-/m1/s1. The number of fused-ring (bicyclic) bond motifs is 3. The van der Waals surface area contributed by atoms with E-state index >= 15 is 0 Å². The van der Waals surface area contributed by atoms with Crippen molar-refractivity contribution in [2.75, 3.05) is 6.61 Å². The SMILES string of the molecule is CCCC(NC(=O)OCC1c2ccccc2-c2ccccc21)C(=O)N[C@@H](C(=O)O)c1ccccc1. The molecule has 2 amide bonds. The van der Waals surface area contributed by atoms with Gasteiger partial charge in [-0.2, -0.15) is 0 Å². The van der Waals surface area contributed by atoms with Crippen molar-refractivity contribution in [2.24, 2.45) is 0 Å². The Morgan fingerprint density at radius 1 is 0.857 bits per heavy atom. The van der Waals surface area contributed by atoms with Crippen LogP contribution < -0.4 is 10.6 Å². The van der Waals surface area contributed by atoms with E-state index in [1.165, 1.54) is 0 Å². The van der Waals surface area contributed by atoms with Crippen molar-refractivity contribution >= 4 is 18.0 Å². The molecule has 0 bridgehead atoms. The van der Waals surface area contributed by atoms with Gasteiger partial charge in [-0.25, -0.2) is 9.59 Å². The molecule has 180 valence electrons. The number of benzene rings is 3. The summed E-state index contributed by atoms with van der Waals surface area (Å²) in [5.74, 6) is -1.85. The Morgan fingerprint density at radius 2 is 1.43 bits per heavy atom. The predicted molar refractivity (Wildman–Crippen MR) is 132 cm³/mol. The highest BCUT2D eigenvalue weighted by atomic mass is 16.5. The largest absolute Gasteiger partial charge is 0.479 e. The fourth-order valence-corrected chi connectivity index (χ4v) is 4.52. The van der Waals surface area contributed by atoms with Crippen LogP contribution in [-0.2, 0) is 14.3 Å². The van der Waals surface area contributed by atoms with Gasteiger partial charge in [0.2, 0.25) is 5.91 Å². The number of hydrogen-bond acceptors (Lipinski definition) is 4. The van der Waals surface area contributed by atoms with Crippen LogP contribution in [0.4, 0.5) is 4.79 Å². The Morgan fingerprint density at radius 3 is 2.00 bits per heavy atom. The summed E-state index contributed by atoms with van der Waals surface area (Å²) < 4.78 is 5.56. The maximum atomic E-state index is 12.9. The minimum atomic E-state index is -1.22. The molecule has 3 aromatic rings. The van der Waals surface area contributed by atoms with Crippen LogP contribution in [0.2, 0.25) is 0 Å². The van der Waals surface area contributed by atoms with Crippen molar-refractivity contribution in [3.8, 4) is 11.1 Å². The predicted octanol–water partition coefficient (Wildman–Crippen LogP) is 4.64. The quantitative estimate of drug-likeness (QED) is 0.421. The lowest BCUT2D eigenvalue weighted by atomic mass is 9.98. The average molecular weight is 473 g/mol. The number of amides is 2. The summed E-state index contributed by atoms with van der Waals surface area (Å²) in [4.78, 5) is 37.3. The Balaban J connectivity index is 1.41. The van der Waals surface area contributed by atoms with Crippen molar-refractivity contribution in [2.45, 2.75) is 37.8 Å². The number of carboxylic acid groups (broad SMARTS) is 1. The lowest BCUT2D eigenvalue weighted by molar-refractivity contribution is -0.142. The number of hydrogen-bond donors (Lipinski definition) is 3. The number of carboxylic acids is 1. The van der Waals surface area contributed by atoms with Crippen LogP contribution >= 0.6 is 0 Å². The van der Waals surface area contributed by atoms with Crippen LogP contribution in [0.15, 0.2) is 78.9 Å². The first kappa shape index (κ1) is 24.0. The number of carbonyl (C=O) groups is 3. The molecule has 2 atom stereocenters. The number of aliphatic carboxylic acids is 1. The molecule has 1 aliphatic carbocycles. The third kappa shape index (κ3) is 5.35. The normalized spacial score (nSPS) is 13.7. The summed E-state index contributed by atoms with van der Waals surface area (Å²) in [5, 5.41) is 14.8. The summed E-state index contributed by atoms with van der Waals surface area (Å²) >= 11 is 0. The zero-order valence-corrected chi connectivity index (χ0v) is 19.4. The average Bonchev–Trinajstić information content (AvgIpc) is 3.19. The van der Waals surface area contributed by atoms with Crippen LogP contribution in [0.25, 0.3) is 11.1 Å². The molecule has 7 heteroatoms. The van der Waals surface area contributed by atoms with Gasteiger partial charge in [0.05, 0.1) is 0 Å². The molecule has 0 fully saturated rings. The first-order valence-electron chi connectivity index (χ1n) is 11.7. The maximum absolute atomic E-state index is 12.9. The number of ether oxygens (including phenoxy) is 1. The van der Waals surface area contributed by atoms with Crippen LogP contribution in [0, 0.1) is 0 Å². The van der Waals surface area contributed by atoms with Crippen molar-refractivity contribution in [1.29, 1.82) is 0 Å². The van der Waals surface area contributed by atoms with Crippen molar-refractivity contribution in [3.05, 3.63) is 95.6 Å². The second kappa shape index (κ2) is 10.9. The monoisotopic (exact) mass is 472 g/mol. The van der Waals surface area contributed by atoms with Gasteiger partial charge in [0.25, 0.3) is 0 Å². The van der Waals surface area contributed by atoms with Gasteiger partial charge in [0.1, 0.15) is 12.6 Å². The van der Waals surface area contributed by atoms with Crippen molar-refractivity contribution in [1.82, 2.24) is 10.6 Å². The molecular formula is C28H28N2O5. The number of carbonyl (C=O) groups excluding carboxylic acids is 2. The Kier molecular flexibility index (Phi) is 7.45. The van der Waals surface area contributed by atoms with Gasteiger partial charge in [-0.05, 0) is 34.2 Å². The number of nitrogens with one attached hydrogen (secondary N) is 2. The van der Waals surface area contributed by atoms with Gasteiger partial charge in [-0.1, -0.05) is 92.2 Å². The van der Waals surface area contributed by atoms with E-state index in [-0.39, 0.29) is 12.5 Å². The first-order valence-corrected chi connectivity index (χ1v) is 11.7. The highest BCUT2D eigenvalue weighted by molar-refractivity contribution is 5.89. The molecule has 0 radical (unpaired) electrons. The second-order valence-electron chi connectivity index (χ2n) is 8.50. The molecule has 0 spiro atoms. The van der Waals surface area contributed by atoms with Gasteiger partial charge in [0.15, 0.2) is 6.04 Å². The van der Waals surface area contributed by atoms with E-state index in [0.717, 1.165) is 22.3 Å². The van der Waals surface area contributed by atoms with Crippen molar-refractivity contribution < 1.29 is 24.2 Å². The highest BCUT2D eigenvalue weighted by Crippen LogP contribution is 2.44. The highest BCUT2D eigenvalue weighted by Gasteiger charge is 2.30. The molecule has 0 aliphatic heterocycles. The molecule has 7 nitrogen and oxygen atoms in total. The molecule has 0 aromatic heterocycles. The molecule has 3 N–H and O–H groups in total. The zero-order chi connectivity index (χ0) is 24.8. The minimum absolute atomic E-state index is 0.0962. The molecule has 0 heterocycles. The molecule has 3 aromatic carbocycles. The van der Waals surface area contributed by atoms with Gasteiger partial charge in [-0.3, -0.25) is 4.79 Å². The molecule has 1 unspecified atom stereocenters. The summed E-state index contributed by atoms with van der Waals surface area (Å²) in [6.07, 6.45) is 0.245. The third-order valence-corrected chi connectivity index (χ3v) is 6.20. The smallest absolute Gasteiger partial charge is 0.407 e. The second-order valence-corrected chi connectivity index (χ2v) is 8.50. The van der Waals surface area contributed by atoms with E-state index in [1.54, 1.807) is 30.3 Å². The van der Waals surface area contributed by atoms with Crippen LogP contribution in [0.3, 0.4) is 0 Å². The molecular weight excluding hydrogens is 444 g/mol. The Bertz CT molecular complexity index is 1170. The van der Waals surface area contributed by atoms with E-state index < -0.39 is 30.1 Å². The van der Waals surface area contributed by atoms with Gasteiger partial charge in [-0.15, -0.1) is 0 Å². The van der Waals surface area contributed by atoms with E-state index in [1.807, 2.05) is 43.3 Å². The van der Waals surface area contributed by atoms with Crippen LogP contribution in [-0.4, -0.2) is 35.7 Å². The van der Waals surface area contributed by atoms with E-state index in [9.17, 15) is 19.5 Å². The minimum Gasteiger partial charge on any atom is -0.479 e. The van der Waals surface area contributed by atoms with E-state index in [2.05, 4.69) is 22.8 Å². The lowest BCUT2D eigenvalue weighted by Crippen LogP contribution is -2.49. The molecule has 0 saturated heterocycles. The van der Waals surface area contributed by atoms with Crippen LogP contribution in [0.5, 0.6) is 0 Å². The van der Waals surface area contributed by atoms with Gasteiger partial charge < -0.3 is 20.5 Å². The molecule has 4 rings (SSSR count). The summed E-state index contributed by atoms with van der Waals surface area (Å²) in [7, 11) is 0. The Hall–Kier alpha value is -4.13. The van der Waals surface area contributed by atoms with Crippen LogP contribution in [0.1, 0.15) is 48.4 Å². The zero-order valence-electron chi connectivity index (χ0n) is 19.4. The summed E-state index contributed by atoms with van der Waals surface area (Å²) in [5.41, 5.74) is 4.89. The fraction of sp³-hybridized carbons (Fsp3) is 0.250. The third-order valence-electron chi connectivity index (χ3n) is 6.20. The summed E-state index contributed by atoms with van der Waals surface area (Å²) in [6.45, 7) is 2.01. The molecule has 35 heavy (non-hydrogen) atoms. The number of rotatable bonds is 9. The molecule has 1 aliphatic rings.